The molecule has 2 unspecified atom stereocenters. The predicted molar refractivity (Wildman–Crippen MR) is 125 cm³/mol. The van der Waals surface area contributed by atoms with Crippen molar-refractivity contribution in [2.24, 2.45) is 5.92 Å². The lowest BCUT2D eigenvalue weighted by Crippen LogP contribution is -2.58. The van der Waals surface area contributed by atoms with Gasteiger partial charge >= 0.3 is 6.09 Å². The van der Waals surface area contributed by atoms with Gasteiger partial charge in [-0.15, -0.1) is 0 Å². The molecule has 0 aromatic heterocycles. The maximum atomic E-state index is 13.5. The van der Waals surface area contributed by atoms with Gasteiger partial charge in [0.25, 0.3) is 0 Å². The fourth-order valence-electron chi connectivity index (χ4n) is 5.08. The smallest absolute Gasteiger partial charge is 0.410 e. The van der Waals surface area contributed by atoms with Gasteiger partial charge in [-0.2, -0.15) is 4.31 Å². The second kappa shape index (κ2) is 8.66. The second-order valence-corrected chi connectivity index (χ2v) is 10.8. The summed E-state index contributed by atoms with van der Waals surface area (Å²) in [6, 6.07) is 10.1. The first-order chi connectivity index (χ1) is 15.9. The number of methoxy groups -OCH3 is 1. The van der Waals surface area contributed by atoms with Gasteiger partial charge < -0.3 is 9.47 Å². The molecule has 9 heteroatoms. The molecule has 2 heterocycles. The molecule has 2 fully saturated rings. The third kappa shape index (κ3) is 3.80. The van der Waals surface area contributed by atoms with Crippen LogP contribution in [0, 0.1) is 5.92 Å². The molecule has 3 aliphatic rings. The third-order valence-electron chi connectivity index (χ3n) is 6.73. The average molecular weight is 489 g/mol. The first kappa shape index (κ1) is 22.3. The Morgan fingerprint density at radius 3 is 2.55 bits per heavy atom. The molecule has 1 amide bonds. The highest BCUT2D eigenvalue weighted by molar-refractivity contribution is 7.89. The number of cyclic esters (lactones) is 1. The summed E-state index contributed by atoms with van der Waals surface area (Å²) >= 11 is 6.29. The number of carbonyl (C=O) groups excluding carboxylic acids is 1. The van der Waals surface area contributed by atoms with Gasteiger partial charge in [-0.05, 0) is 31.1 Å². The summed E-state index contributed by atoms with van der Waals surface area (Å²) in [4.78, 5) is 14.7. The summed E-state index contributed by atoms with van der Waals surface area (Å²) < 4.78 is 39.5. The fourth-order valence-corrected chi connectivity index (χ4v) is 6.97. The van der Waals surface area contributed by atoms with Crippen LogP contribution in [-0.2, 0) is 19.5 Å². The first-order valence-corrected chi connectivity index (χ1v) is 12.8. The van der Waals surface area contributed by atoms with Crippen molar-refractivity contribution in [2.75, 3.05) is 26.8 Å². The number of benzene rings is 2. The largest absolute Gasteiger partial charge is 0.499 e. The van der Waals surface area contributed by atoms with E-state index in [-0.39, 0.29) is 29.0 Å². The Hall–Kier alpha value is -2.55. The Morgan fingerprint density at radius 1 is 1.09 bits per heavy atom. The highest BCUT2D eigenvalue weighted by atomic mass is 35.5. The summed E-state index contributed by atoms with van der Waals surface area (Å²) in [6.45, 7) is 0.939. The summed E-state index contributed by atoms with van der Waals surface area (Å²) in [5.74, 6) is 0.742. The number of allylic oxidation sites excluding steroid dienone is 2. The summed E-state index contributed by atoms with van der Waals surface area (Å²) in [6.07, 6.45) is 6.48. The zero-order valence-electron chi connectivity index (χ0n) is 18.2. The van der Waals surface area contributed by atoms with Crippen LogP contribution in [0.3, 0.4) is 0 Å². The molecule has 2 atom stereocenters. The van der Waals surface area contributed by atoms with E-state index in [9.17, 15) is 13.2 Å². The van der Waals surface area contributed by atoms with Crippen LogP contribution >= 0.6 is 11.6 Å². The Morgan fingerprint density at radius 2 is 1.82 bits per heavy atom. The van der Waals surface area contributed by atoms with Crippen molar-refractivity contribution in [3.63, 3.8) is 0 Å². The molecule has 5 rings (SSSR count). The molecule has 174 valence electrons. The number of hydrogen-bond donors (Lipinski definition) is 0. The Balaban J connectivity index is 1.38. The van der Waals surface area contributed by atoms with Crippen molar-refractivity contribution < 1.29 is 22.7 Å². The second-order valence-electron chi connectivity index (χ2n) is 8.48. The maximum absolute atomic E-state index is 13.5. The molecular formula is C24H25ClN2O5S. The van der Waals surface area contributed by atoms with Gasteiger partial charge in [0.1, 0.15) is 18.4 Å². The van der Waals surface area contributed by atoms with Crippen LogP contribution in [0.2, 0.25) is 5.02 Å². The van der Waals surface area contributed by atoms with Crippen LogP contribution in [0.5, 0.6) is 0 Å². The van der Waals surface area contributed by atoms with Gasteiger partial charge in [0.05, 0.1) is 12.0 Å². The van der Waals surface area contributed by atoms with E-state index in [1.807, 2.05) is 36.4 Å². The van der Waals surface area contributed by atoms with Crippen molar-refractivity contribution >= 4 is 38.5 Å². The summed E-state index contributed by atoms with van der Waals surface area (Å²) in [7, 11) is -2.12. The minimum atomic E-state index is -3.72. The van der Waals surface area contributed by atoms with Gasteiger partial charge in [-0.25, -0.2) is 13.2 Å². The molecule has 0 N–H and O–H groups in total. The molecular weight excluding hydrogens is 464 g/mol. The molecule has 2 saturated heterocycles. The summed E-state index contributed by atoms with van der Waals surface area (Å²) in [5.41, 5.74) is 0. The number of piperidine rings is 1. The van der Waals surface area contributed by atoms with Crippen LogP contribution in [0.25, 0.3) is 10.8 Å². The van der Waals surface area contributed by atoms with E-state index in [1.165, 1.54) is 4.31 Å². The average Bonchev–Trinajstić information content (AvgIpc) is 2.84. The van der Waals surface area contributed by atoms with Gasteiger partial charge in [-0.1, -0.05) is 48.0 Å². The Labute approximate surface area is 198 Å². The minimum Gasteiger partial charge on any atom is -0.499 e. The number of fused-ring (bicyclic) bond motifs is 2. The van der Waals surface area contributed by atoms with E-state index in [2.05, 4.69) is 0 Å². The normalized spacial score (nSPS) is 24.4. The SMILES string of the molecule is COC1=CC=CC2COC(=O)N(C3CCN(S(=O)(=O)c4ccc(Cl)c5ccccc45)CC3)C12. The summed E-state index contributed by atoms with van der Waals surface area (Å²) in [5, 5.41) is 1.84. The topological polar surface area (TPSA) is 76.2 Å². The zero-order chi connectivity index (χ0) is 23.2. The van der Waals surface area contributed by atoms with Gasteiger partial charge in [0.2, 0.25) is 10.0 Å². The highest BCUT2D eigenvalue weighted by Gasteiger charge is 2.45. The lowest BCUT2D eigenvalue weighted by atomic mass is 9.89. The Kier molecular flexibility index (Phi) is 5.84. The van der Waals surface area contributed by atoms with Crippen molar-refractivity contribution in [2.45, 2.75) is 29.8 Å². The van der Waals surface area contributed by atoms with Gasteiger partial charge in [0, 0.05) is 40.8 Å². The van der Waals surface area contributed by atoms with E-state index in [4.69, 9.17) is 21.1 Å². The zero-order valence-corrected chi connectivity index (χ0v) is 19.8. The standard InChI is InChI=1S/C24H25ClN2O5S/c1-31-21-8-4-5-16-15-32-24(28)27(23(16)21)17-11-13-26(14-12-17)33(29,30)22-10-9-20(25)18-6-2-3-7-19(18)22/h2-10,16-17,23H,11-15H2,1H3. The molecule has 0 radical (unpaired) electrons. The molecule has 2 aliphatic heterocycles. The molecule has 1 aliphatic carbocycles. The van der Waals surface area contributed by atoms with Crippen molar-refractivity contribution in [1.29, 1.82) is 0 Å². The number of halogens is 1. The molecule has 2 aromatic carbocycles. The van der Waals surface area contributed by atoms with E-state index in [1.54, 1.807) is 30.2 Å². The number of amides is 1. The molecule has 7 nitrogen and oxygen atoms in total. The number of nitrogens with zero attached hydrogens (tertiary/aromatic N) is 2. The number of hydrogen-bond acceptors (Lipinski definition) is 5. The Bertz CT molecular complexity index is 1250. The fraction of sp³-hybridized carbons (Fsp3) is 0.375. The number of carbonyl (C=O) groups is 1. The first-order valence-electron chi connectivity index (χ1n) is 11.0. The van der Waals surface area contributed by atoms with Crippen LogP contribution in [-0.4, -0.2) is 62.6 Å². The lowest BCUT2D eigenvalue weighted by molar-refractivity contribution is -0.0118. The van der Waals surface area contributed by atoms with Gasteiger partial charge in [-0.3, -0.25) is 4.90 Å². The van der Waals surface area contributed by atoms with Crippen LogP contribution < -0.4 is 0 Å². The molecule has 33 heavy (non-hydrogen) atoms. The lowest BCUT2D eigenvalue weighted by Gasteiger charge is -2.46. The molecule has 0 saturated carbocycles. The van der Waals surface area contributed by atoms with E-state index >= 15 is 0 Å². The van der Waals surface area contributed by atoms with E-state index in [0.717, 1.165) is 5.76 Å². The van der Waals surface area contributed by atoms with Crippen LogP contribution in [0.15, 0.2) is 65.3 Å². The van der Waals surface area contributed by atoms with E-state index < -0.39 is 10.0 Å². The van der Waals surface area contributed by atoms with Crippen LogP contribution in [0.4, 0.5) is 4.79 Å². The molecule has 2 aromatic rings. The quantitative estimate of drug-likeness (QED) is 0.645. The number of sulfonamides is 1. The van der Waals surface area contributed by atoms with Crippen molar-refractivity contribution in [1.82, 2.24) is 9.21 Å². The maximum Gasteiger partial charge on any atom is 0.410 e. The minimum absolute atomic E-state index is 0.0184. The van der Waals surface area contributed by atoms with Crippen molar-refractivity contribution in [3.05, 3.63) is 65.4 Å². The monoisotopic (exact) mass is 488 g/mol. The number of rotatable bonds is 4. The number of ether oxygens (including phenoxy) is 2. The molecule has 0 bridgehead atoms. The highest BCUT2D eigenvalue weighted by Crippen LogP contribution is 2.36. The van der Waals surface area contributed by atoms with Crippen LogP contribution in [0.1, 0.15) is 12.8 Å². The molecule has 0 spiro atoms. The van der Waals surface area contributed by atoms with Crippen molar-refractivity contribution in [3.8, 4) is 0 Å². The van der Waals surface area contributed by atoms with E-state index in [0.29, 0.717) is 48.3 Å². The van der Waals surface area contributed by atoms with Gasteiger partial charge in [0.15, 0.2) is 0 Å². The third-order valence-corrected chi connectivity index (χ3v) is 9.01. The predicted octanol–water partition coefficient (Wildman–Crippen LogP) is 4.18.